The average Bonchev–Trinajstić information content (AvgIpc) is 2.38. The Labute approximate surface area is 102 Å². The maximum atomic E-state index is 11.8. The zero-order valence-electron chi connectivity index (χ0n) is 10.3. The molecule has 0 aromatic carbocycles. The number of amides is 1. The van der Waals surface area contributed by atoms with Gasteiger partial charge in [-0.2, -0.15) is 5.26 Å². The van der Waals surface area contributed by atoms with E-state index in [2.05, 4.69) is 4.98 Å². The summed E-state index contributed by atoms with van der Waals surface area (Å²) < 4.78 is 0. The summed E-state index contributed by atoms with van der Waals surface area (Å²) in [4.78, 5) is 17.4. The molecule has 1 aromatic rings. The summed E-state index contributed by atoms with van der Waals surface area (Å²) >= 11 is 0. The molecule has 4 nitrogen and oxygen atoms in total. The van der Waals surface area contributed by atoms with Crippen LogP contribution in [-0.2, 0) is 11.2 Å². The van der Waals surface area contributed by atoms with Crippen LogP contribution in [-0.4, -0.2) is 29.4 Å². The van der Waals surface area contributed by atoms with E-state index in [1.165, 1.54) is 0 Å². The Balaban J connectivity index is 2.48. The van der Waals surface area contributed by atoms with Crippen molar-refractivity contribution in [3.05, 3.63) is 30.1 Å². The fourth-order valence-electron chi connectivity index (χ4n) is 1.54. The van der Waals surface area contributed by atoms with Gasteiger partial charge in [0.25, 0.3) is 0 Å². The largest absolute Gasteiger partial charge is 0.344 e. The van der Waals surface area contributed by atoms with Gasteiger partial charge in [0.1, 0.15) is 5.92 Å². The highest BCUT2D eigenvalue weighted by Gasteiger charge is 2.19. The number of nitriles is 1. The van der Waals surface area contributed by atoms with Crippen molar-refractivity contribution in [1.82, 2.24) is 9.88 Å². The molecule has 0 saturated carbocycles. The SMILES string of the molecule is CCC(C#N)C(=O)N(C)CCc1cccnc1. The summed E-state index contributed by atoms with van der Waals surface area (Å²) in [5, 5.41) is 8.82. The molecule has 0 fully saturated rings. The van der Waals surface area contributed by atoms with Crippen molar-refractivity contribution in [2.45, 2.75) is 19.8 Å². The maximum absolute atomic E-state index is 11.8. The van der Waals surface area contributed by atoms with Gasteiger partial charge in [0.2, 0.25) is 5.91 Å². The van der Waals surface area contributed by atoms with Crippen LogP contribution in [0.2, 0.25) is 0 Å². The van der Waals surface area contributed by atoms with E-state index in [0.717, 1.165) is 12.0 Å². The third-order valence-electron chi connectivity index (χ3n) is 2.70. The maximum Gasteiger partial charge on any atom is 0.239 e. The Morgan fingerprint density at radius 1 is 1.65 bits per heavy atom. The predicted octanol–water partition coefficient (Wildman–Crippen LogP) is 1.63. The number of hydrogen-bond acceptors (Lipinski definition) is 3. The van der Waals surface area contributed by atoms with Gasteiger partial charge in [-0.15, -0.1) is 0 Å². The van der Waals surface area contributed by atoms with Gasteiger partial charge in [0, 0.05) is 26.0 Å². The average molecular weight is 231 g/mol. The zero-order chi connectivity index (χ0) is 12.7. The Hall–Kier alpha value is -1.89. The van der Waals surface area contributed by atoms with Gasteiger partial charge in [0.15, 0.2) is 0 Å². The topological polar surface area (TPSA) is 57.0 Å². The summed E-state index contributed by atoms with van der Waals surface area (Å²) in [7, 11) is 1.73. The minimum absolute atomic E-state index is 0.0982. The Kier molecular flexibility index (Phi) is 5.15. The molecular formula is C13H17N3O. The highest BCUT2D eigenvalue weighted by Crippen LogP contribution is 2.06. The minimum Gasteiger partial charge on any atom is -0.344 e. The fourth-order valence-corrected chi connectivity index (χ4v) is 1.54. The van der Waals surface area contributed by atoms with E-state index in [1.807, 2.05) is 25.1 Å². The van der Waals surface area contributed by atoms with Gasteiger partial charge >= 0.3 is 0 Å². The number of likely N-dealkylation sites (N-methyl/N-ethyl adjacent to an activating group) is 1. The molecule has 17 heavy (non-hydrogen) atoms. The molecule has 1 unspecified atom stereocenters. The third-order valence-corrected chi connectivity index (χ3v) is 2.70. The lowest BCUT2D eigenvalue weighted by molar-refractivity contribution is -0.132. The monoisotopic (exact) mass is 231 g/mol. The number of hydrogen-bond donors (Lipinski definition) is 0. The van der Waals surface area contributed by atoms with Crippen LogP contribution in [0.15, 0.2) is 24.5 Å². The summed E-state index contributed by atoms with van der Waals surface area (Å²) in [5.41, 5.74) is 1.09. The second kappa shape index (κ2) is 6.64. The molecule has 0 radical (unpaired) electrons. The number of carbonyl (C=O) groups is 1. The molecule has 90 valence electrons. The summed E-state index contributed by atoms with van der Waals surface area (Å²) in [6, 6.07) is 5.88. The molecule has 0 aliphatic heterocycles. The normalized spacial score (nSPS) is 11.6. The highest BCUT2D eigenvalue weighted by molar-refractivity contribution is 5.80. The lowest BCUT2D eigenvalue weighted by atomic mass is 10.1. The molecule has 0 bridgehead atoms. The minimum atomic E-state index is -0.520. The number of carbonyl (C=O) groups excluding carboxylic acids is 1. The van der Waals surface area contributed by atoms with Gasteiger partial charge in [-0.25, -0.2) is 0 Å². The van der Waals surface area contributed by atoms with E-state index in [4.69, 9.17) is 5.26 Å². The fraction of sp³-hybridized carbons (Fsp3) is 0.462. The molecule has 1 atom stereocenters. The molecule has 1 rings (SSSR count). The first kappa shape index (κ1) is 13.2. The van der Waals surface area contributed by atoms with E-state index in [1.54, 1.807) is 24.3 Å². The first-order valence-corrected chi connectivity index (χ1v) is 5.72. The van der Waals surface area contributed by atoms with Crippen molar-refractivity contribution < 1.29 is 4.79 Å². The van der Waals surface area contributed by atoms with Crippen LogP contribution in [0.5, 0.6) is 0 Å². The van der Waals surface area contributed by atoms with Crippen LogP contribution in [0.1, 0.15) is 18.9 Å². The lowest BCUT2D eigenvalue weighted by Gasteiger charge is -2.19. The molecule has 4 heteroatoms. The molecule has 1 amide bonds. The van der Waals surface area contributed by atoms with Crippen molar-refractivity contribution in [2.24, 2.45) is 5.92 Å². The summed E-state index contributed by atoms with van der Waals surface area (Å²) in [5.74, 6) is -0.618. The van der Waals surface area contributed by atoms with Crippen molar-refractivity contribution in [3.63, 3.8) is 0 Å². The Morgan fingerprint density at radius 2 is 2.41 bits per heavy atom. The predicted molar refractivity (Wildman–Crippen MR) is 65.0 cm³/mol. The molecular weight excluding hydrogens is 214 g/mol. The molecule has 0 N–H and O–H groups in total. The summed E-state index contributed by atoms with van der Waals surface area (Å²) in [6.45, 7) is 2.46. The Morgan fingerprint density at radius 3 is 2.94 bits per heavy atom. The van der Waals surface area contributed by atoms with Gasteiger partial charge in [-0.1, -0.05) is 13.0 Å². The van der Waals surface area contributed by atoms with Crippen LogP contribution < -0.4 is 0 Å². The van der Waals surface area contributed by atoms with Gasteiger partial charge in [0.05, 0.1) is 6.07 Å². The standard InChI is InChI=1S/C13H17N3O/c1-3-12(9-14)13(17)16(2)8-6-11-5-4-7-15-10-11/h4-5,7,10,12H,3,6,8H2,1-2H3. The van der Waals surface area contributed by atoms with E-state index in [-0.39, 0.29) is 5.91 Å². The van der Waals surface area contributed by atoms with Gasteiger partial charge < -0.3 is 4.90 Å². The Bertz CT molecular complexity index is 397. The van der Waals surface area contributed by atoms with Crippen molar-refractivity contribution in [1.29, 1.82) is 5.26 Å². The smallest absolute Gasteiger partial charge is 0.239 e. The number of pyridine rings is 1. The van der Waals surface area contributed by atoms with E-state index >= 15 is 0 Å². The van der Waals surface area contributed by atoms with Gasteiger partial charge in [-0.3, -0.25) is 9.78 Å². The number of nitrogens with zero attached hydrogens (tertiary/aromatic N) is 3. The number of rotatable bonds is 5. The number of aromatic nitrogens is 1. The zero-order valence-corrected chi connectivity index (χ0v) is 10.3. The van der Waals surface area contributed by atoms with Crippen LogP contribution >= 0.6 is 0 Å². The van der Waals surface area contributed by atoms with E-state index < -0.39 is 5.92 Å². The second-order valence-corrected chi connectivity index (χ2v) is 3.96. The quantitative estimate of drug-likeness (QED) is 0.774. The lowest BCUT2D eigenvalue weighted by Crippen LogP contribution is -2.33. The molecule has 0 aliphatic rings. The summed E-state index contributed by atoms with van der Waals surface area (Å²) in [6.07, 6.45) is 4.84. The molecule has 1 aromatic heterocycles. The van der Waals surface area contributed by atoms with Crippen LogP contribution in [0, 0.1) is 17.2 Å². The van der Waals surface area contributed by atoms with Crippen LogP contribution in [0.3, 0.4) is 0 Å². The van der Waals surface area contributed by atoms with Crippen molar-refractivity contribution in [2.75, 3.05) is 13.6 Å². The molecule has 1 heterocycles. The van der Waals surface area contributed by atoms with Gasteiger partial charge in [-0.05, 0) is 24.5 Å². The first-order valence-electron chi connectivity index (χ1n) is 5.72. The third kappa shape index (κ3) is 3.87. The van der Waals surface area contributed by atoms with Crippen LogP contribution in [0.4, 0.5) is 0 Å². The first-order chi connectivity index (χ1) is 8.19. The molecule has 0 spiro atoms. The molecule has 0 aliphatic carbocycles. The van der Waals surface area contributed by atoms with E-state index in [0.29, 0.717) is 13.0 Å². The highest BCUT2D eigenvalue weighted by atomic mass is 16.2. The van der Waals surface area contributed by atoms with Crippen molar-refractivity contribution >= 4 is 5.91 Å². The van der Waals surface area contributed by atoms with Crippen molar-refractivity contribution in [3.8, 4) is 6.07 Å². The van der Waals surface area contributed by atoms with E-state index in [9.17, 15) is 4.79 Å². The van der Waals surface area contributed by atoms with Crippen LogP contribution in [0.25, 0.3) is 0 Å². The second-order valence-electron chi connectivity index (χ2n) is 3.96. The molecule has 0 saturated heterocycles.